The molecule has 0 saturated heterocycles. The molecule has 1 heterocycles. The van der Waals surface area contributed by atoms with Crippen molar-refractivity contribution in [3.8, 4) is 0 Å². The highest BCUT2D eigenvalue weighted by molar-refractivity contribution is 7.48. The predicted octanol–water partition coefficient (Wildman–Crippen LogP) is 3.77. The van der Waals surface area contributed by atoms with Crippen LogP contribution in [-0.2, 0) is 18.1 Å². The van der Waals surface area contributed by atoms with Gasteiger partial charge in [-0.1, -0.05) is 39.0 Å². The molecular weight excluding hydrogens is 291 g/mol. The molecule has 0 aromatic carbocycles. The molecule has 0 aromatic heterocycles. The van der Waals surface area contributed by atoms with E-state index in [-0.39, 0.29) is 0 Å². The van der Waals surface area contributed by atoms with Crippen molar-refractivity contribution >= 4 is 7.82 Å². The standard InChI is InChI=1S/C14H29N2O4P/c1-5-6-7-8-9-10-11-16-13-12-15(2)14(16)20-21(17,18-3)19-4/h12-14H,5-11H2,1-4H3. The first kappa shape index (κ1) is 18.5. The minimum atomic E-state index is -3.48. The third-order valence-corrected chi connectivity index (χ3v) is 4.91. The van der Waals surface area contributed by atoms with E-state index in [1.807, 2.05) is 29.2 Å². The molecule has 0 radical (unpaired) electrons. The maximum atomic E-state index is 12.1. The quantitative estimate of drug-likeness (QED) is 0.427. The highest BCUT2D eigenvalue weighted by atomic mass is 31.2. The molecule has 0 aromatic rings. The van der Waals surface area contributed by atoms with Gasteiger partial charge in [0, 0.05) is 40.2 Å². The van der Waals surface area contributed by atoms with Gasteiger partial charge in [0.1, 0.15) is 0 Å². The summed E-state index contributed by atoms with van der Waals surface area (Å²) in [6.07, 6.45) is 10.8. The van der Waals surface area contributed by atoms with Gasteiger partial charge >= 0.3 is 7.82 Å². The van der Waals surface area contributed by atoms with Crippen molar-refractivity contribution in [2.24, 2.45) is 0 Å². The van der Waals surface area contributed by atoms with E-state index in [1.165, 1.54) is 46.3 Å². The second kappa shape index (κ2) is 9.46. The van der Waals surface area contributed by atoms with Gasteiger partial charge in [0.25, 0.3) is 0 Å². The Morgan fingerprint density at radius 2 is 1.67 bits per heavy atom. The van der Waals surface area contributed by atoms with Crippen LogP contribution >= 0.6 is 7.82 Å². The third-order valence-electron chi connectivity index (χ3n) is 3.57. The lowest BCUT2D eigenvalue weighted by molar-refractivity contribution is -0.0399. The van der Waals surface area contributed by atoms with E-state index in [1.54, 1.807) is 0 Å². The molecule has 1 rings (SSSR count). The molecule has 1 atom stereocenters. The molecular formula is C14H29N2O4P. The summed E-state index contributed by atoms with van der Waals surface area (Å²) in [5, 5.41) is 0. The van der Waals surface area contributed by atoms with Gasteiger partial charge in [-0.25, -0.2) is 9.09 Å². The summed E-state index contributed by atoms with van der Waals surface area (Å²) in [4.78, 5) is 3.87. The molecule has 7 heteroatoms. The summed E-state index contributed by atoms with van der Waals surface area (Å²) < 4.78 is 27.3. The van der Waals surface area contributed by atoms with Gasteiger partial charge in [-0.15, -0.1) is 0 Å². The minimum Gasteiger partial charge on any atom is -0.337 e. The normalized spacial score (nSPS) is 18.8. The van der Waals surface area contributed by atoms with E-state index >= 15 is 0 Å². The van der Waals surface area contributed by atoms with Gasteiger partial charge < -0.3 is 9.80 Å². The molecule has 0 aliphatic carbocycles. The molecule has 1 unspecified atom stereocenters. The predicted molar refractivity (Wildman–Crippen MR) is 83.5 cm³/mol. The van der Waals surface area contributed by atoms with Crippen molar-refractivity contribution in [2.45, 2.75) is 51.8 Å². The van der Waals surface area contributed by atoms with Gasteiger partial charge in [-0.3, -0.25) is 9.05 Å². The Bertz CT molecular complexity index is 357. The number of rotatable bonds is 11. The SMILES string of the molecule is CCCCCCCCN1C=CN(C)C1OP(=O)(OC)OC. The van der Waals surface area contributed by atoms with Crippen LogP contribution in [0.1, 0.15) is 45.4 Å². The molecule has 0 spiro atoms. The fraction of sp³-hybridized carbons (Fsp3) is 0.857. The summed E-state index contributed by atoms with van der Waals surface area (Å²) in [6, 6.07) is 0. The molecule has 1 aliphatic heterocycles. The summed E-state index contributed by atoms with van der Waals surface area (Å²) in [7, 11) is 1.04. The highest BCUT2D eigenvalue weighted by Crippen LogP contribution is 2.49. The lowest BCUT2D eigenvalue weighted by atomic mass is 10.1. The molecule has 21 heavy (non-hydrogen) atoms. The molecule has 0 N–H and O–H groups in total. The third kappa shape index (κ3) is 5.99. The molecule has 0 fully saturated rings. The van der Waals surface area contributed by atoms with Crippen molar-refractivity contribution in [3.05, 3.63) is 12.4 Å². The highest BCUT2D eigenvalue weighted by Gasteiger charge is 2.34. The fourth-order valence-electron chi connectivity index (χ4n) is 2.24. The van der Waals surface area contributed by atoms with Crippen LogP contribution in [0.5, 0.6) is 0 Å². The monoisotopic (exact) mass is 320 g/mol. The number of phosphoric acid groups is 1. The first-order valence-corrected chi connectivity index (χ1v) is 9.08. The number of hydrogen-bond donors (Lipinski definition) is 0. The van der Waals surface area contributed by atoms with Crippen LogP contribution in [0.15, 0.2) is 12.4 Å². The Kier molecular flexibility index (Phi) is 8.34. The second-order valence-electron chi connectivity index (χ2n) is 5.21. The van der Waals surface area contributed by atoms with Crippen LogP contribution in [0.25, 0.3) is 0 Å². The molecule has 6 nitrogen and oxygen atoms in total. The van der Waals surface area contributed by atoms with E-state index < -0.39 is 14.2 Å². The van der Waals surface area contributed by atoms with Crippen LogP contribution in [-0.4, -0.2) is 44.0 Å². The number of phosphoric ester groups is 1. The first-order chi connectivity index (χ1) is 10.1. The van der Waals surface area contributed by atoms with E-state index in [0.29, 0.717) is 0 Å². The fourth-order valence-corrected chi connectivity index (χ4v) is 3.06. The molecule has 124 valence electrons. The zero-order chi connectivity index (χ0) is 15.7. The Hall–Kier alpha value is -0.550. The van der Waals surface area contributed by atoms with E-state index in [2.05, 4.69) is 6.92 Å². The Morgan fingerprint density at radius 3 is 2.29 bits per heavy atom. The second-order valence-corrected chi connectivity index (χ2v) is 7.05. The summed E-state index contributed by atoms with van der Waals surface area (Å²) in [5.74, 6) is 0. The Balaban J connectivity index is 2.38. The van der Waals surface area contributed by atoms with Crippen LogP contribution in [0.4, 0.5) is 0 Å². The van der Waals surface area contributed by atoms with Crippen LogP contribution in [0.2, 0.25) is 0 Å². The lowest BCUT2D eigenvalue weighted by Crippen LogP contribution is -2.38. The summed E-state index contributed by atoms with van der Waals surface area (Å²) in [6.45, 7) is 3.09. The molecule has 0 bridgehead atoms. The largest absolute Gasteiger partial charge is 0.477 e. The van der Waals surface area contributed by atoms with E-state index in [0.717, 1.165) is 13.0 Å². The minimum absolute atomic E-state index is 0.439. The molecule has 0 amide bonds. The van der Waals surface area contributed by atoms with Gasteiger partial charge in [-0.05, 0) is 6.42 Å². The molecule has 1 aliphatic rings. The number of unbranched alkanes of at least 4 members (excludes halogenated alkanes) is 5. The Morgan fingerprint density at radius 1 is 1.05 bits per heavy atom. The molecule has 0 saturated carbocycles. The summed E-state index contributed by atoms with van der Waals surface area (Å²) >= 11 is 0. The number of nitrogens with zero attached hydrogens (tertiary/aromatic N) is 2. The van der Waals surface area contributed by atoms with Crippen molar-refractivity contribution < 1.29 is 18.1 Å². The van der Waals surface area contributed by atoms with Gasteiger partial charge in [0.15, 0.2) is 0 Å². The topological polar surface area (TPSA) is 51.2 Å². The average Bonchev–Trinajstić information content (AvgIpc) is 2.83. The maximum Gasteiger partial charge on any atom is 0.477 e. The smallest absolute Gasteiger partial charge is 0.337 e. The van der Waals surface area contributed by atoms with Crippen molar-refractivity contribution in [1.29, 1.82) is 0 Å². The van der Waals surface area contributed by atoms with Crippen LogP contribution < -0.4 is 0 Å². The lowest BCUT2D eigenvalue weighted by Gasteiger charge is -2.31. The van der Waals surface area contributed by atoms with Crippen LogP contribution in [0.3, 0.4) is 0 Å². The van der Waals surface area contributed by atoms with Crippen molar-refractivity contribution in [2.75, 3.05) is 27.8 Å². The van der Waals surface area contributed by atoms with Gasteiger partial charge in [-0.2, -0.15) is 0 Å². The number of hydrogen-bond acceptors (Lipinski definition) is 6. The van der Waals surface area contributed by atoms with Gasteiger partial charge in [0.05, 0.1) is 0 Å². The zero-order valence-corrected chi connectivity index (χ0v) is 14.6. The average molecular weight is 320 g/mol. The van der Waals surface area contributed by atoms with Crippen LogP contribution in [0, 0.1) is 0 Å². The zero-order valence-electron chi connectivity index (χ0n) is 13.7. The van der Waals surface area contributed by atoms with Gasteiger partial charge in [0.2, 0.25) is 6.35 Å². The maximum absolute atomic E-state index is 12.1. The summed E-state index contributed by atoms with van der Waals surface area (Å²) in [5.41, 5.74) is 0. The Labute approximate surface area is 128 Å². The van der Waals surface area contributed by atoms with E-state index in [4.69, 9.17) is 13.6 Å². The van der Waals surface area contributed by atoms with E-state index in [9.17, 15) is 4.57 Å². The van der Waals surface area contributed by atoms with Crippen molar-refractivity contribution in [3.63, 3.8) is 0 Å². The van der Waals surface area contributed by atoms with Crippen molar-refractivity contribution in [1.82, 2.24) is 9.80 Å². The first-order valence-electron chi connectivity index (χ1n) is 7.62.